The van der Waals surface area contributed by atoms with E-state index in [-0.39, 0.29) is 11.3 Å². The van der Waals surface area contributed by atoms with E-state index < -0.39 is 16.8 Å². The first-order valence-corrected chi connectivity index (χ1v) is 12.8. The first-order valence-electron chi connectivity index (χ1n) is 11.9. The maximum atomic E-state index is 12.8. The third-order valence-electron chi connectivity index (χ3n) is 6.79. The van der Waals surface area contributed by atoms with E-state index in [9.17, 15) is 9.90 Å². The monoisotopic (exact) mass is 491 g/mol. The van der Waals surface area contributed by atoms with Gasteiger partial charge in [-0.3, -0.25) is 4.79 Å². The van der Waals surface area contributed by atoms with Gasteiger partial charge >= 0.3 is 0 Å². The Morgan fingerprint density at radius 3 is 1.83 bits per heavy atom. The number of β-lactam (4-membered cyclic amide) rings is 1. The van der Waals surface area contributed by atoms with Crippen LogP contribution in [0.2, 0.25) is 0 Å². The zero-order valence-electron chi connectivity index (χ0n) is 19.4. The lowest BCUT2D eigenvalue weighted by Crippen LogP contribution is -2.59. The average molecular weight is 492 g/mol. The number of benzene rings is 3. The Balaban J connectivity index is 1.44. The predicted octanol–water partition coefficient (Wildman–Crippen LogP) is 5.17. The molecule has 178 valence electrons. The summed E-state index contributed by atoms with van der Waals surface area (Å²) in [6.45, 7) is 0. The van der Waals surface area contributed by atoms with Gasteiger partial charge in [0.25, 0.3) is 0 Å². The Morgan fingerprint density at radius 2 is 1.33 bits per heavy atom. The quantitative estimate of drug-likeness (QED) is 0.244. The fourth-order valence-electron chi connectivity index (χ4n) is 4.98. The highest BCUT2D eigenvalue weighted by atomic mass is 32.2. The molecule has 3 heterocycles. The molecule has 3 atom stereocenters. The smallest absolute Gasteiger partial charge is 0.230 e. The molecular weight excluding hydrogens is 466 g/mol. The van der Waals surface area contributed by atoms with Crippen LogP contribution in [-0.4, -0.2) is 26.0 Å². The normalized spacial score (nSPS) is 18.4. The van der Waals surface area contributed by atoms with E-state index in [0.29, 0.717) is 5.69 Å². The highest BCUT2D eigenvalue weighted by molar-refractivity contribution is 8.01. The summed E-state index contributed by atoms with van der Waals surface area (Å²) < 4.78 is 1.12. The molecule has 2 N–H and O–H groups in total. The van der Waals surface area contributed by atoms with E-state index >= 15 is 0 Å². The largest absolute Gasteiger partial charge is 0.386 e. The Morgan fingerprint density at radius 1 is 0.806 bits per heavy atom. The summed E-state index contributed by atoms with van der Waals surface area (Å²) in [5.41, 5.74) is 4.69. The van der Waals surface area contributed by atoms with Crippen molar-refractivity contribution in [2.75, 3.05) is 0 Å². The van der Waals surface area contributed by atoms with Crippen molar-refractivity contribution in [1.29, 1.82) is 0 Å². The summed E-state index contributed by atoms with van der Waals surface area (Å²) in [5.74, 6) is -0.796. The fraction of sp³-hybridized carbons (Fsp3) is 0.133. The number of aliphatic hydroxyl groups is 1. The fourth-order valence-corrected chi connectivity index (χ4v) is 6.77. The molecule has 6 rings (SSSR count). The highest BCUT2D eigenvalue weighted by Crippen LogP contribution is 2.53. The number of aromatic nitrogens is 2. The Labute approximate surface area is 213 Å². The van der Waals surface area contributed by atoms with Crippen LogP contribution in [-0.2, 0) is 9.54 Å². The van der Waals surface area contributed by atoms with Gasteiger partial charge < -0.3 is 10.4 Å². The van der Waals surface area contributed by atoms with E-state index in [4.69, 9.17) is 0 Å². The maximum Gasteiger partial charge on any atom is 0.230 e. The minimum absolute atomic E-state index is 0.167. The van der Waals surface area contributed by atoms with Crippen LogP contribution in [0.1, 0.15) is 28.5 Å². The molecule has 3 unspecified atom stereocenters. The van der Waals surface area contributed by atoms with Gasteiger partial charge in [-0.2, -0.15) is 5.10 Å². The van der Waals surface area contributed by atoms with Crippen LogP contribution in [0.25, 0.3) is 5.52 Å². The zero-order valence-corrected chi connectivity index (χ0v) is 20.3. The zero-order chi connectivity index (χ0) is 24.5. The van der Waals surface area contributed by atoms with E-state index in [1.807, 2.05) is 85.1 Å². The summed E-state index contributed by atoms with van der Waals surface area (Å²) in [6, 6.07) is 38.6. The molecule has 36 heavy (non-hydrogen) atoms. The number of thioether (sulfide) groups is 1. The number of nitrogens with one attached hydrogen (secondary N) is 1. The molecule has 1 saturated heterocycles. The van der Waals surface area contributed by atoms with E-state index in [1.54, 1.807) is 16.3 Å². The molecule has 0 radical (unpaired) electrons. The van der Waals surface area contributed by atoms with Crippen LogP contribution in [0.3, 0.4) is 0 Å². The van der Waals surface area contributed by atoms with Gasteiger partial charge in [0.15, 0.2) is 0 Å². The topological polar surface area (TPSA) is 66.6 Å². The molecule has 0 spiro atoms. The number of carbonyl (C=O) groups is 1. The summed E-state index contributed by atoms with van der Waals surface area (Å²) in [4.78, 5) is 12.8. The molecule has 1 aliphatic rings. The molecule has 1 amide bonds. The summed E-state index contributed by atoms with van der Waals surface area (Å²) in [7, 11) is 0. The van der Waals surface area contributed by atoms with Crippen LogP contribution < -0.4 is 5.32 Å². The number of hydrogen-bond acceptors (Lipinski definition) is 4. The SMILES string of the molecule is O=C1NC(SC(c2ccccc2)(c2ccccc2)c2ccccc2)C1C(O)c1cc2ccccn2n1. The van der Waals surface area contributed by atoms with Crippen LogP contribution >= 0.6 is 11.8 Å². The molecule has 5 nitrogen and oxygen atoms in total. The summed E-state index contributed by atoms with van der Waals surface area (Å²) >= 11 is 1.65. The van der Waals surface area contributed by atoms with Gasteiger partial charge in [0.05, 0.1) is 27.2 Å². The second-order valence-electron chi connectivity index (χ2n) is 8.94. The number of amides is 1. The van der Waals surface area contributed by atoms with Crippen molar-refractivity contribution in [2.24, 2.45) is 5.92 Å². The second-order valence-corrected chi connectivity index (χ2v) is 10.3. The van der Waals surface area contributed by atoms with Crippen LogP contribution in [0.5, 0.6) is 0 Å². The Hall–Kier alpha value is -3.87. The molecule has 1 aliphatic heterocycles. The molecule has 6 heteroatoms. The number of rotatable bonds is 7. The van der Waals surface area contributed by atoms with Crippen molar-refractivity contribution in [3.8, 4) is 0 Å². The van der Waals surface area contributed by atoms with Gasteiger partial charge in [-0.1, -0.05) is 97.1 Å². The lowest BCUT2D eigenvalue weighted by molar-refractivity contribution is -0.138. The molecule has 5 aromatic rings. The van der Waals surface area contributed by atoms with Crippen molar-refractivity contribution in [3.63, 3.8) is 0 Å². The third-order valence-corrected chi connectivity index (χ3v) is 8.52. The Kier molecular flexibility index (Phi) is 5.83. The van der Waals surface area contributed by atoms with E-state index in [2.05, 4.69) is 46.8 Å². The molecule has 0 aliphatic carbocycles. The minimum Gasteiger partial charge on any atom is -0.386 e. The molecular formula is C30H25N3O2S. The standard InChI is InChI=1S/C30H25N3O2S/c34-27(25-20-24-18-10-11-19-33(24)32-25)26-28(35)31-29(26)36-30(21-12-4-1-5-13-21,22-14-6-2-7-15-22)23-16-8-3-9-17-23/h1-20,26-27,29,34H,(H,31,35). The number of hydrogen-bond donors (Lipinski definition) is 2. The van der Waals surface area contributed by atoms with Crippen molar-refractivity contribution in [2.45, 2.75) is 16.2 Å². The molecule has 0 bridgehead atoms. The lowest BCUT2D eigenvalue weighted by Gasteiger charge is -2.45. The van der Waals surface area contributed by atoms with Gasteiger partial charge in [-0.15, -0.1) is 11.8 Å². The number of pyridine rings is 1. The number of aliphatic hydroxyl groups excluding tert-OH is 1. The highest BCUT2D eigenvalue weighted by Gasteiger charge is 2.51. The number of fused-ring (bicyclic) bond motifs is 1. The van der Waals surface area contributed by atoms with Gasteiger partial charge in [0.2, 0.25) is 5.91 Å². The van der Waals surface area contributed by atoms with Crippen LogP contribution in [0, 0.1) is 5.92 Å². The first-order chi connectivity index (χ1) is 17.7. The molecule has 0 saturated carbocycles. The Bertz CT molecular complexity index is 1360. The molecule has 1 fully saturated rings. The van der Waals surface area contributed by atoms with Gasteiger partial charge in [0, 0.05) is 6.20 Å². The van der Waals surface area contributed by atoms with Crippen molar-refractivity contribution in [3.05, 3.63) is 144 Å². The molecule has 3 aromatic carbocycles. The van der Waals surface area contributed by atoms with Crippen LogP contribution in [0.4, 0.5) is 0 Å². The van der Waals surface area contributed by atoms with Gasteiger partial charge in [0.1, 0.15) is 6.10 Å². The predicted molar refractivity (Wildman–Crippen MR) is 142 cm³/mol. The number of nitrogens with zero attached hydrogens (tertiary/aromatic N) is 2. The van der Waals surface area contributed by atoms with Crippen LogP contribution in [0.15, 0.2) is 121 Å². The second kappa shape index (κ2) is 9.30. The van der Waals surface area contributed by atoms with E-state index in [0.717, 1.165) is 22.2 Å². The van der Waals surface area contributed by atoms with Crippen molar-refractivity contribution >= 4 is 23.2 Å². The molecule has 2 aromatic heterocycles. The van der Waals surface area contributed by atoms with Gasteiger partial charge in [-0.25, -0.2) is 4.52 Å². The summed E-state index contributed by atoms with van der Waals surface area (Å²) in [5, 5.41) is 18.6. The first kappa shape index (κ1) is 22.6. The van der Waals surface area contributed by atoms with Crippen molar-refractivity contribution in [1.82, 2.24) is 14.9 Å². The third kappa shape index (κ3) is 3.79. The number of carbonyl (C=O) groups excluding carboxylic acids is 1. The average Bonchev–Trinajstić information content (AvgIpc) is 3.37. The van der Waals surface area contributed by atoms with Gasteiger partial charge in [-0.05, 0) is 34.9 Å². The minimum atomic E-state index is -1.02. The lowest BCUT2D eigenvalue weighted by atomic mass is 9.84. The van der Waals surface area contributed by atoms with Crippen molar-refractivity contribution < 1.29 is 9.90 Å². The van der Waals surface area contributed by atoms with E-state index in [1.165, 1.54) is 0 Å². The summed E-state index contributed by atoms with van der Waals surface area (Å²) in [6.07, 6.45) is 0.820. The maximum absolute atomic E-state index is 12.8.